The molecule has 0 saturated heterocycles. The fourth-order valence-electron chi connectivity index (χ4n) is 1.76. The zero-order valence-electron chi connectivity index (χ0n) is 10.1. The highest BCUT2D eigenvalue weighted by molar-refractivity contribution is 5.50. The van der Waals surface area contributed by atoms with Gasteiger partial charge in [0, 0.05) is 18.3 Å². The summed E-state index contributed by atoms with van der Waals surface area (Å²) in [7, 11) is 0. The molecule has 1 aromatic carbocycles. The number of hydrogen-bond acceptors (Lipinski definition) is 4. The van der Waals surface area contributed by atoms with Gasteiger partial charge in [0.2, 0.25) is 5.88 Å². The van der Waals surface area contributed by atoms with Gasteiger partial charge in [-0.3, -0.25) is 10.1 Å². The number of pyridine rings is 1. The van der Waals surface area contributed by atoms with Crippen LogP contribution in [0.3, 0.4) is 0 Å². The minimum Gasteiger partial charge on any atom is -0.434 e. The Morgan fingerprint density at radius 3 is 2.80 bits per heavy atom. The lowest BCUT2D eigenvalue weighted by atomic mass is 10.3. The quantitative estimate of drug-likeness (QED) is 0.543. The average molecular weight is 273 g/mol. The third kappa shape index (κ3) is 2.16. The molecule has 2 heterocycles. The SMILES string of the molecule is O=[N+]([O-])c1ccc(Oc2cc3ccccn3n2)c(F)c1. The first-order valence-electron chi connectivity index (χ1n) is 5.70. The lowest BCUT2D eigenvalue weighted by molar-refractivity contribution is -0.385. The van der Waals surface area contributed by atoms with Crippen LogP contribution in [0.2, 0.25) is 0 Å². The molecule has 0 N–H and O–H groups in total. The van der Waals surface area contributed by atoms with Crippen LogP contribution in [0, 0.1) is 15.9 Å². The molecule has 0 aliphatic rings. The van der Waals surface area contributed by atoms with Gasteiger partial charge in [-0.05, 0) is 18.2 Å². The van der Waals surface area contributed by atoms with E-state index in [9.17, 15) is 14.5 Å². The molecule has 3 rings (SSSR count). The molecular formula is C13H8FN3O3. The Morgan fingerprint density at radius 2 is 2.10 bits per heavy atom. The van der Waals surface area contributed by atoms with E-state index < -0.39 is 10.7 Å². The number of nitro groups is 1. The molecule has 0 saturated carbocycles. The fraction of sp³-hybridized carbons (Fsp3) is 0. The van der Waals surface area contributed by atoms with Crippen LogP contribution in [0.1, 0.15) is 0 Å². The van der Waals surface area contributed by atoms with E-state index in [1.807, 2.05) is 12.1 Å². The van der Waals surface area contributed by atoms with E-state index in [0.717, 1.165) is 11.6 Å². The number of fused-ring (bicyclic) bond motifs is 1. The Balaban J connectivity index is 1.92. The van der Waals surface area contributed by atoms with E-state index in [1.54, 1.807) is 22.8 Å². The third-order valence-corrected chi connectivity index (χ3v) is 2.69. The summed E-state index contributed by atoms with van der Waals surface area (Å²) in [6, 6.07) is 10.3. The normalized spacial score (nSPS) is 10.7. The van der Waals surface area contributed by atoms with Crippen LogP contribution in [0.4, 0.5) is 10.1 Å². The molecule has 0 spiro atoms. The van der Waals surface area contributed by atoms with Crippen molar-refractivity contribution in [3.05, 3.63) is 64.6 Å². The van der Waals surface area contributed by atoms with E-state index in [-0.39, 0.29) is 17.3 Å². The van der Waals surface area contributed by atoms with Crippen LogP contribution in [0.5, 0.6) is 11.6 Å². The smallest absolute Gasteiger partial charge is 0.272 e. The Labute approximate surface area is 112 Å². The standard InChI is InChI=1S/C13H8FN3O3/c14-11-7-10(17(18)19)4-5-12(11)20-13-8-9-3-1-2-6-16(9)15-13/h1-8H. The predicted octanol–water partition coefficient (Wildman–Crippen LogP) is 3.17. The molecule has 0 unspecified atom stereocenters. The van der Waals surface area contributed by atoms with Crippen LogP contribution < -0.4 is 4.74 Å². The van der Waals surface area contributed by atoms with E-state index in [4.69, 9.17) is 4.74 Å². The van der Waals surface area contributed by atoms with Crippen molar-refractivity contribution < 1.29 is 14.1 Å². The number of aromatic nitrogens is 2. The zero-order valence-corrected chi connectivity index (χ0v) is 10.1. The number of ether oxygens (including phenoxy) is 1. The number of halogens is 1. The van der Waals surface area contributed by atoms with E-state index in [0.29, 0.717) is 0 Å². The molecule has 0 atom stereocenters. The monoisotopic (exact) mass is 273 g/mol. The topological polar surface area (TPSA) is 69.7 Å². The summed E-state index contributed by atoms with van der Waals surface area (Å²) >= 11 is 0. The van der Waals surface area contributed by atoms with Crippen LogP contribution in [0.15, 0.2) is 48.7 Å². The molecule has 0 aliphatic heterocycles. The Kier molecular flexibility index (Phi) is 2.79. The summed E-state index contributed by atoms with van der Waals surface area (Å²) in [6.45, 7) is 0. The maximum Gasteiger partial charge on any atom is 0.272 e. The van der Waals surface area contributed by atoms with Gasteiger partial charge in [-0.15, -0.1) is 5.10 Å². The van der Waals surface area contributed by atoms with E-state index >= 15 is 0 Å². The van der Waals surface area contributed by atoms with Crippen molar-refractivity contribution >= 4 is 11.2 Å². The van der Waals surface area contributed by atoms with Crippen molar-refractivity contribution in [1.29, 1.82) is 0 Å². The van der Waals surface area contributed by atoms with Crippen molar-refractivity contribution in [1.82, 2.24) is 9.61 Å². The molecule has 0 radical (unpaired) electrons. The van der Waals surface area contributed by atoms with Gasteiger partial charge in [-0.2, -0.15) is 0 Å². The van der Waals surface area contributed by atoms with Crippen LogP contribution in [0.25, 0.3) is 5.52 Å². The molecule has 3 aromatic rings. The molecule has 0 aliphatic carbocycles. The second kappa shape index (κ2) is 4.61. The van der Waals surface area contributed by atoms with Gasteiger partial charge in [0.05, 0.1) is 16.5 Å². The second-order valence-electron chi connectivity index (χ2n) is 4.03. The third-order valence-electron chi connectivity index (χ3n) is 2.69. The highest BCUT2D eigenvalue weighted by Crippen LogP contribution is 2.27. The van der Waals surface area contributed by atoms with Gasteiger partial charge < -0.3 is 4.74 Å². The van der Waals surface area contributed by atoms with E-state index in [2.05, 4.69) is 5.10 Å². The minimum atomic E-state index is -0.809. The van der Waals surface area contributed by atoms with Crippen molar-refractivity contribution in [2.75, 3.05) is 0 Å². The largest absolute Gasteiger partial charge is 0.434 e. The summed E-state index contributed by atoms with van der Waals surface area (Å²) < 4.78 is 20.6. The maximum atomic E-state index is 13.7. The molecule has 6 nitrogen and oxygen atoms in total. The fourth-order valence-corrected chi connectivity index (χ4v) is 1.76. The van der Waals surface area contributed by atoms with E-state index in [1.165, 1.54) is 12.1 Å². The molecule has 0 bridgehead atoms. The average Bonchev–Trinajstić information content (AvgIpc) is 2.83. The number of nitrogens with zero attached hydrogens (tertiary/aromatic N) is 3. The number of rotatable bonds is 3. The Bertz CT molecular complexity index is 767. The number of non-ortho nitro benzene ring substituents is 1. The summed E-state index contributed by atoms with van der Waals surface area (Å²) in [6.07, 6.45) is 1.73. The van der Waals surface area contributed by atoms with Crippen LogP contribution in [-0.4, -0.2) is 14.5 Å². The first-order valence-corrected chi connectivity index (χ1v) is 5.70. The van der Waals surface area contributed by atoms with Crippen molar-refractivity contribution in [2.45, 2.75) is 0 Å². The molecule has 20 heavy (non-hydrogen) atoms. The lowest BCUT2D eigenvalue weighted by Gasteiger charge is -2.02. The molecule has 0 fully saturated rings. The van der Waals surface area contributed by atoms with Crippen molar-refractivity contribution in [3.8, 4) is 11.6 Å². The van der Waals surface area contributed by atoms with Crippen molar-refractivity contribution in [2.24, 2.45) is 0 Å². The number of hydrogen-bond donors (Lipinski definition) is 0. The lowest BCUT2D eigenvalue weighted by Crippen LogP contribution is -1.93. The van der Waals surface area contributed by atoms with Gasteiger partial charge in [0.15, 0.2) is 11.6 Å². The maximum absolute atomic E-state index is 13.7. The van der Waals surface area contributed by atoms with Gasteiger partial charge in [0.1, 0.15) is 0 Å². The highest BCUT2D eigenvalue weighted by Gasteiger charge is 2.13. The molecule has 7 heteroatoms. The van der Waals surface area contributed by atoms with Gasteiger partial charge in [-0.25, -0.2) is 8.91 Å². The van der Waals surface area contributed by atoms with Crippen LogP contribution in [-0.2, 0) is 0 Å². The highest BCUT2D eigenvalue weighted by atomic mass is 19.1. The predicted molar refractivity (Wildman–Crippen MR) is 68.3 cm³/mol. The van der Waals surface area contributed by atoms with Crippen molar-refractivity contribution in [3.63, 3.8) is 0 Å². The number of benzene rings is 1. The molecule has 2 aromatic heterocycles. The number of nitro benzene ring substituents is 1. The summed E-state index contributed by atoms with van der Waals surface area (Å²) in [4.78, 5) is 9.85. The molecule has 100 valence electrons. The summed E-state index contributed by atoms with van der Waals surface area (Å²) in [5.74, 6) is -0.709. The van der Waals surface area contributed by atoms with Crippen LogP contribution >= 0.6 is 0 Å². The molecular weight excluding hydrogens is 265 g/mol. The Hall–Kier alpha value is -2.96. The molecule has 0 amide bonds. The first-order chi connectivity index (χ1) is 9.63. The first kappa shape index (κ1) is 12.1. The summed E-state index contributed by atoms with van der Waals surface area (Å²) in [5, 5.41) is 14.6. The minimum absolute atomic E-state index is 0.112. The van der Waals surface area contributed by atoms with Gasteiger partial charge >= 0.3 is 0 Å². The summed E-state index contributed by atoms with van der Waals surface area (Å²) in [5.41, 5.74) is 0.467. The van der Waals surface area contributed by atoms with Gasteiger partial charge in [0.25, 0.3) is 5.69 Å². The Morgan fingerprint density at radius 1 is 1.25 bits per heavy atom. The van der Waals surface area contributed by atoms with Gasteiger partial charge in [-0.1, -0.05) is 6.07 Å². The second-order valence-corrected chi connectivity index (χ2v) is 4.03. The zero-order chi connectivity index (χ0) is 14.1.